The van der Waals surface area contributed by atoms with Gasteiger partial charge in [-0.2, -0.15) is 0 Å². The van der Waals surface area contributed by atoms with Gasteiger partial charge in [0.2, 0.25) is 5.91 Å². The first-order valence-electron chi connectivity index (χ1n) is 10.3. The largest absolute Gasteiger partial charge is 0.508 e. The number of carbonyl (C=O) groups excluding carboxylic acids is 1. The van der Waals surface area contributed by atoms with Crippen LogP contribution in [0.2, 0.25) is 0 Å². The molecule has 3 aromatic rings. The number of hydrogen-bond acceptors (Lipinski definition) is 5. The number of hydrogen-bond donors (Lipinski definition) is 2. The quantitative estimate of drug-likeness (QED) is 0.635. The highest BCUT2D eigenvalue weighted by Gasteiger charge is 2.25. The number of rotatable bonds is 5. The van der Waals surface area contributed by atoms with Crippen LogP contribution in [0.25, 0.3) is 11.0 Å². The zero-order valence-corrected chi connectivity index (χ0v) is 17.1. The van der Waals surface area contributed by atoms with Crippen LogP contribution in [0.1, 0.15) is 29.5 Å². The Hall–Kier alpha value is -3.12. The SMILES string of the molecule is Cc1c(O)ccc2c(CN3CCC(C(=O)NCc4ccccc4)CC3)cc(=O)oc12. The van der Waals surface area contributed by atoms with Crippen LogP contribution >= 0.6 is 0 Å². The molecule has 0 aliphatic carbocycles. The molecule has 0 unspecified atom stereocenters. The lowest BCUT2D eigenvalue weighted by atomic mass is 9.95. The lowest BCUT2D eigenvalue weighted by Crippen LogP contribution is -2.40. The molecule has 30 heavy (non-hydrogen) atoms. The number of nitrogens with zero attached hydrogens (tertiary/aromatic N) is 1. The van der Waals surface area contributed by atoms with Crippen molar-refractivity contribution in [3.8, 4) is 5.75 Å². The van der Waals surface area contributed by atoms with Crippen molar-refractivity contribution in [3.63, 3.8) is 0 Å². The van der Waals surface area contributed by atoms with Gasteiger partial charge in [-0.15, -0.1) is 0 Å². The van der Waals surface area contributed by atoms with E-state index < -0.39 is 5.63 Å². The molecule has 2 N–H and O–H groups in total. The van der Waals surface area contributed by atoms with E-state index in [-0.39, 0.29) is 17.6 Å². The Bertz CT molecular complexity index is 1100. The third kappa shape index (κ3) is 4.39. The Kier molecular flexibility index (Phi) is 5.86. The summed E-state index contributed by atoms with van der Waals surface area (Å²) in [6, 6.07) is 14.9. The molecule has 6 heteroatoms. The summed E-state index contributed by atoms with van der Waals surface area (Å²) in [5.41, 5.74) is 2.57. The maximum Gasteiger partial charge on any atom is 0.336 e. The zero-order valence-electron chi connectivity index (χ0n) is 17.1. The van der Waals surface area contributed by atoms with Crippen molar-refractivity contribution in [2.75, 3.05) is 13.1 Å². The summed E-state index contributed by atoms with van der Waals surface area (Å²) >= 11 is 0. The molecule has 1 aliphatic heterocycles. The summed E-state index contributed by atoms with van der Waals surface area (Å²) in [6.07, 6.45) is 1.58. The molecule has 0 spiro atoms. The van der Waals surface area contributed by atoms with Crippen LogP contribution in [0.3, 0.4) is 0 Å². The minimum absolute atomic E-state index is 0.0155. The summed E-state index contributed by atoms with van der Waals surface area (Å²) in [5.74, 6) is 0.238. The topological polar surface area (TPSA) is 82.8 Å². The zero-order chi connectivity index (χ0) is 21.1. The molecule has 0 radical (unpaired) electrons. The van der Waals surface area contributed by atoms with Crippen molar-refractivity contribution in [2.24, 2.45) is 5.92 Å². The normalized spacial score (nSPS) is 15.4. The highest BCUT2D eigenvalue weighted by Crippen LogP contribution is 2.28. The van der Waals surface area contributed by atoms with E-state index in [1.807, 2.05) is 30.3 Å². The second-order valence-corrected chi connectivity index (χ2v) is 7.93. The summed E-state index contributed by atoms with van der Waals surface area (Å²) < 4.78 is 5.33. The number of fused-ring (bicyclic) bond motifs is 1. The molecule has 2 aromatic carbocycles. The van der Waals surface area contributed by atoms with E-state index >= 15 is 0 Å². The fraction of sp³-hybridized carbons (Fsp3) is 0.333. The number of aromatic hydroxyl groups is 1. The van der Waals surface area contributed by atoms with Crippen molar-refractivity contribution in [1.29, 1.82) is 0 Å². The Morgan fingerprint density at radius 3 is 2.63 bits per heavy atom. The van der Waals surface area contributed by atoms with E-state index in [1.165, 1.54) is 6.07 Å². The smallest absolute Gasteiger partial charge is 0.336 e. The number of likely N-dealkylation sites (tertiary alicyclic amines) is 1. The molecule has 1 fully saturated rings. The van der Waals surface area contributed by atoms with Crippen LogP contribution < -0.4 is 10.9 Å². The molecule has 0 saturated carbocycles. The number of benzene rings is 2. The van der Waals surface area contributed by atoms with Crippen molar-refractivity contribution >= 4 is 16.9 Å². The van der Waals surface area contributed by atoms with Crippen LogP contribution in [-0.4, -0.2) is 29.0 Å². The van der Waals surface area contributed by atoms with Gasteiger partial charge in [-0.05, 0) is 56.1 Å². The predicted octanol–water partition coefficient (Wildman–Crippen LogP) is 3.34. The molecule has 0 bridgehead atoms. The van der Waals surface area contributed by atoms with E-state index in [9.17, 15) is 14.7 Å². The first-order chi connectivity index (χ1) is 14.5. The number of phenolic OH excluding ortho intramolecular Hbond substituents is 1. The number of amides is 1. The summed E-state index contributed by atoms with van der Waals surface area (Å²) in [7, 11) is 0. The molecular weight excluding hydrogens is 380 g/mol. The van der Waals surface area contributed by atoms with E-state index in [4.69, 9.17) is 4.42 Å². The first kappa shape index (κ1) is 20.2. The lowest BCUT2D eigenvalue weighted by molar-refractivity contribution is -0.126. The van der Waals surface area contributed by atoms with Crippen LogP contribution in [0.15, 0.2) is 57.7 Å². The van der Waals surface area contributed by atoms with E-state index in [0.29, 0.717) is 24.2 Å². The number of carbonyl (C=O) groups is 1. The molecule has 1 aromatic heterocycles. The minimum Gasteiger partial charge on any atom is -0.508 e. The Morgan fingerprint density at radius 2 is 1.90 bits per heavy atom. The van der Waals surface area contributed by atoms with E-state index in [1.54, 1.807) is 19.1 Å². The number of phenols is 1. The van der Waals surface area contributed by atoms with Gasteiger partial charge in [-0.3, -0.25) is 9.69 Å². The summed E-state index contributed by atoms with van der Waals surface area (Å²) in [4.78, 5) is 26.8. The molecule has 0 atom stereocenters. The Balaban J connectivity index is 1.38. The van der Waals surface area contributed by atoms with Gasteiger partial charge in [0.15, 0.2) is 0 Å². The van der Waals surface area contributed by atoms with Crippen molar-refractivity contribution in [3.05, 3.63) is 75.6 Å². The molecule has 6 nitrogen and oxygen atoms in total. The maximum absolute atomic E-state index is 12.5. The van der Waals surface area contributed by atoms with Crippen molar-refractivity contribution in [2.45, 2.75) is 32.9 Å². The molecule has 2 heterocycles. The highest BCUT2D eigenvalue weighted by atomic mass is 16.4. The van der Waals surface area contributed by atoms with Crippen molar-refractivity contribution < 1.29 is 14.3 Å². The Labute approximate surface area is 175 Å². The van der Waals surface area contributed by atoms with E-state index in [0.717, 1.165) is 42.4 Å². The molecule has 4 rings (SSSR count). The third-order valence-corrected chi connectivity index (χ3v) is 5.88. The van der Waals surface area contributed by atoms with Crippen molar-refractivity contribution in [1.82, 2.24) is 10.2 Å². The lowest BCUT2D eigenvalue weighted by Gasteiger charge is -2.31. The van der Waals surface area contributed by atoms with Gasteiger partial charge in [-0.25, -0.2) is 4.79 Å². The molecular formula is C24H26N2O4. The second kappa shape index (κ2) is 8.71. The van der Waals surface area contributed by atoms with E-state index in [2.05, 4.69) is 10.2 Å². The number of piperidine rings is 1. The van der Waals surface area contributed by atoms with Gasteiger partial charge in [-0.1, -0.05) is 30.3 Å². The monoisotopic (exact) mass is 406 g/mol. The predicted molar refractivity (Wildman–Crippen MR) is 115 cm³/mol. The molecule has 1 saturated heterocycles. The van der Waals surface area contributed by atoms with Gasteiger partial charge >= 0.3 is 5.63 Å². The van der Waals surface area contributed by atoms with Gasteiger partial charge in [0, 0.05) is 36.0 Å². The standard InChI is InChI=1S/C24H26N2O4/c1-16-21(27)8-7-20-19(13-22(28)30-23(16)20)15-26-11-9-18(10-12-26)24(29)25-14-17-5-3-2-4-6-17/h2-8,13,18,27H,9-12,14-15H2,1H3,(H,25,29). The minimum atomic E-state index is -0.415. The number of aryl methyl sites for hydroxylation is 1. The second-order valence-electron chi connectivity index (χ2n) is 7.93. The summed E-state index contributed by atoms with van der Waals surface area (Å²) in [5, 5.41) is 13.8. The average molecular weight is 406 g/mol. The third-order valence-electron chi connectivity index (χ3n) is 5.88. The first-order valence-corrected chi connectivity index (χ1v) is 10.3. The molecule has 1 amide bonds. The van der Waals surface area contributed by atoms with Crippen LogP contribution in [0.5, 0.6) is 5.75 Å². The summed E-state index contributed by atoms with van der Waals surface area (Å²) in [6.45, 7) is 4.50. The average Bonchev–Trinajstić information content (AvgIpc) is 2.76. The fourth-order valence-corrected chi connectivity index (χ4v) is 4.07. The van der Waals surface area contributed by atoms with Gasteiger partial charge in [0.1, 0.15) is 11.3 Å². The fourth-order valence-electron chi connectivity index (χ4n) is 4.07. The Morgan fingerprint density at radius 1 is 1.17 bits per heavy atom. The molecule has 1 aliphatic rings. The van der Waals surface area contributed by atoms with Crippen LogP contribution in [0.4, 0.5) is 0 Å². The van der Waals surface area contributed by atoms with Crippen LogP contribution in [0, 0.1) is 12.8 Å². The van der Waals surface area contributed by atoms with Gasteiger partial charge < -0.3 is 14.8 Å². The molecule has 156 valence electrons. The highest BCUT2D eigenvalue weighted by molar-refractivity contribution is 5.84. The van der Waals surface area contributed by atoms with Crippen LogP contribution in [-0.2, 0) is 17.9 Å². The van der Waals surface area contributed by atoms with Gasteiger partial charge in [0.25, 0.3) is 0 Å². The van der Waals surface area contributed by atoms with Gasteiger partial charge in [0.05, 0.1) is 0 Å². The number of nitrogens with one attached hydrogen (secondary N) is 1. The maximum atomic E-state index is 12.5.